The monoisotopic (exact) mass is 339 g/mol. The average molecular weight is 339 g/mol. The van der Waals surface area contributed by atoms with Crippen molar-refractivity contribution in [3.05, 3.63) is 113 Å². The highest BCUT2D eigenvalue weighted by molar-refractivity contribution is 6.44. The Labute approximate surface area is 159 Å². The van der Waals surface area contributed by atoms with E-state index in [9.17, 15) is 0 Å². The lowest BCUT2D eigenvalue weighted by Crippen LogP contribution is -2.01. The van der Waals surface area contributed by atoms with E-state index in [4.69, 9.17) is 0 Å². The SMILES string of the molecule is C=C([B]Cc1cccc(C)c1)CC(/C=C\C(=C)c1ccc(C)cc1)=C/C. The van der Waals surface area contributed by atoms with Crippen molar-refractivity contribution in [3.8, 4) is 0 Å². The Morgan fingerprint density at radius 1 is 0.962 bits per heavy atom. The molecule has 0 saturated heterocycles. The predicted octanol–water partition coefficient (Wildman–Crippen LogP) is 6.63. The van der Waals surface area contributed by atoms with E-state index in [-0.39, 0.29) is 0 Å². The molecule has 0 unspecified atom stereocenters. The molecule has 1 radical (unpaired) electrons. The Hall–Kier alpha value is -2.54. The van der Waals surface area contributed by atoms with Crippen LogP contribution in [0.5, 0.6) is 0 Å². The summed E-state index contributed by atoms with van der Waals surface area (Å²) in [6.07, 6.45) is 8.17. The average Bonchev–Trinajstić information content (AvgIpc) is 2.63. The van der Waals surface area contributed by atoms with Gasteiger partial charge in [0.05, 0.1) is 0 Å². The standard InChI is InChI=1S/C25H28B/c1-6-23(13-12-21(4)25-14-10-19(2)11-15-25)17-22(5)26-18-24-9-7-8-20(3)16-24/h6-16H,4-5,17-18H2,1-3H3/b13-12-,23-6+. The molecular weight excluding hydrogens is 311 g/mol. The van der Waals surface area contributed by atoms with Crippen LogP contribution in [0.4, 0.5) is 0 Å². The predicted molar refractivity (Wildman–Crippen MR) is 118 cm³/mol. The van der Waals surface area contributed by atoms with Gasteiger partial charge in [0.25, 0.3) is 0 Å². The van der Waals surface area contributed by atoms with Crippen LogP contribution in [-0.2, 0) is 6.32 Å². The summed E-state index contributed by atoms with van der Waals surface area (Å²) in [5.41, 5.74) is 8.48. The quantitative estimate of drug-likeness (QED) is 0.374. The van der Waals surface area contributed by atoms with E-state index in [1.807, 2.05) is 0 Å². The molecule has 0 aliphatic heterocycles. The lowest BCUT2D eigenvalue weighted by Gasteiger charge is -2.07. The van der Waals surface area contributed by atoms with Gasteiger partial charge >= 0.3 is 0 Å². The molecule has 0 amide bonds. The number of hydrogen-bond donors (Lipinski definition) is 0. The van der Waals surface area contributed by atoms with Crippen LogP contribution < -0.4 is 0 Å². The van der Waals surface area contributed by atoms with Gasteiger partial charge in [-0.1, -0.05) is 96.3 Å². The van der Waals surface area contributed by atoms with Crippen LogP contribution >= 0.6 is 0 Å². The molecule has 0 spiro atoms. The first-order valence-electron chi connectivity index (χ1n) is 9.13. The Bertz CT molecular complexity index is 819. The minimum Gasteiger partial charge on any atom is -0.111 e. The molecule has 2 aromatic carbocycles. The first-order chi connectivity index (χ1) is 12.5. The minimum atomic E-state index is 0.861. The molecule has 1 heteroatoms. The molecule has 0 fully saturated rings. The lowest BCUT2D eigenvalue weighted by atomic mass is 9.63. The Kier molecular flexibility index (Phi) is 7.47. The van der Waals surface area contributed by atoms with Crippen LogP contribution in [0.3, 0.4) is 0 Å². The molecule has 131 valence electrons. The molecule has 0 bridgehead atoms. The molecule has 0 aliphatic rings. The molecule has 2 aromatic rings. The van der Waals surface area contributed by atoms with E-state index in [0.29, 0.717) is 0 Å². The summed E-state index contributed by atoms with van der Waals surface area (Å²) in [5.74, 6) is 0. The topological polar surface area (TPSA) is 0 Å². The first-order valence-corrected chi connectivity index (χ1v) is 9.13. The van der Waals surface area contributed by atoms with Gasteiger partial charge in [-0.15, -0.1) is 12.1 Å². The van der Waals surface area contributed by atoms with Crippen molar-refractivity contribution < 1.29 is 0 Å². The van der Waals surface area contributed by atoms with E-state index >= 15 is 0 Å². The Morgan fingerprint density at radius 3 is 2.35 bits per heavy atom. The van der Waals surface area contributed by atoms with Crippen molar-refractivity contribution in [3.63, 3.8) is 0 Å². The maximum absolute atomic E-state index is 4.22. The summed E-state index contributed by atoms with van der Waals surface area (Å²) >= 11 is 0. The fourth-order valence-corrected chi connectivity index (χ4v) is 2.76. The van der Waals surface area contributed by atoms with Gasteiger partial charge in [-0.05, 0) is 43.9 Å². The zero-order valence-corrected chi connectivity index (χ0v) is 16.3. The smallest absolute Gasteiger partial charge is 0.111 e. The van der Waals surface area contributed by atoms with Crippen molar-refractivity contribution in [2.75, 3.05) is 0 Å². The lowest BCUT2D eigenvalue weighted by molar-refractivity contribution is 1.23. The van der Waals surface area contributed by atoms with Crippen LogP contribution in [0.1, 0.15) is 35.6 Å². The number of benzene rings is 2. The van der Waals surface area contributed by atoms with Gasteiger partial charge in [0.15, 0.2) is 0 Å². The van der Waals surface area contributed by atoms with Crippen LogP contribution in [-0.4, -0.2) is 7.28 Å². The maximum Gasteiger partial charge on any atom is 0.150 e. The van der Waals surface area contributed by atoms with Crippen molar-refractivity contribution in [2.45, 2.75) is 33.5 Å². The first kappa shape index (κ1) is 19.8. The van der Waals surface area contributed by atoms with Crippen LogP contribution in [0.2, 0.25) is 0 Å². The van der Waals surface area contributed by atoms with E-state index in [1.165, 1.54) is 22.3 Å². The minimum absolute atomic E-state index is 0.861. The summed E-state index contributed by atoms with van der Waals surface area (Å²) in [6, 6.07) is 17.1. The van der Waals surface area contributed by atoms with Crippen LogP contribution in [0.25, 0.3) is 5.57 Å². The molecule has 0 atom stereocenters. The second-order valence-corrected chi connectivity index (χ2v) is 6.82. The van der Waals surface area contributed by atoms with Gasteiger partial charge in [-0.25, -0.2) is 0 Å². The number of rotatable bonds is 8. The van der Waals surface area contributed by atoms with Crippen LogP contribution in [0, 0.1) is 13.8 Å². The van der Waals surface area contributed by atoms with Crippen LogP contribution in [0.15, 0.2) is 91.0 Å². The van der Waals surface area contributed by atoms with E-state index in [2.05, 4.69) is 108 Å². The third-order valence-electron chi connectivity index (χ3n) is 4.43. The molecular formula is C25H28B. The fraction of sp³-hybridized carbons (Fsp3) is 0.200. The molecule has 0 N–H and O–H groups in total. The van der Waals surface area contributed by atoms with Gasteiger partial charge in [-0.3, -0.25) is 0 Å². The number of hydrogen-bond acceptors (Lipinski definition) is 0. The third kappa shape index (κ3) is 6.40. The molecule has 2 rings (SSSR count). The second kappa shape index (κ2) is 9.82. The highest BCUT2D eigenvalue weighted by Gasteiger charge is 2.02. The van der Waals surface area contributed by atoms with Gasteiger partial charge in [-0.2, -0.15) is 0 Å². The molecule has 0 aromatic heterocycles. The van der Waals surface area contributed by atoms with Gasteiger partial charge in [0.1, 0.15) is 7.28 Å². The number of allylic oxidation sites excluding steroid dienone is 6. The highest BCUT2D eigenvalue weighted by Crippen LogP contribution is 2.18. The molecule has 26 heavy (non-hydrogen) atoms. The summed E-state index contributed by atoms with van der Waals surface area (Å²) in [7, 11) is 2.22. The summed E-state index contributed by atoms with van der Waals surface area (Å²) in [5, 5.41) is 0. The van der Waals surface area contributed by atoms with Gasteiger partial charge < -0.3 is 0 Å². The third-order valence-corrected chi connectivity index (χ3v) is 4.43. The van der Waals surface area contributed by atoms with Crippen molar-refractivity contribution in [2.24, 2.45) is 0 Å². The van der Waals surface area contributed by atoms with Crippen molar-refractivity contribution in [1.82, 2.24) is 0 Å². The highest BCUT2D eigenvalue weighted by atomic mass is 14.0. The zero-order valence-electron chi connectivity index (χ0n) is 16.3. The van der Waals surface area contributed by atoms with Crippen molar-refractivity contribution in [1.29, 1.82) is 0 Å². The Morgan fingerprint density at radius 2 is 1.69 bits per heavy atom. The summed E-state index contributed by atoms with van der Waals surface area (Å²) in [4.78, 5) is 0. The second-order valence-electron chi connectivity index (χ2n) is 6.82. The maximum atomic E-state index is 4.22. The number of aryl methyl sites for hydroxylation is 2. The summed E-state index contributed by atoms with van der Waals surface area (Å²) in [6.45, 7) is 14.7. The van der Waals surface area contributed by atoms with Crippen molar-refractivity contribution >= 4 is 12.9 Å². The largest absolute Gasteiger partial charge is 0.150 e. The van der Waals surface area contributed by atoms with Gasteiger partial charge in [0, 0.05) is 0 Å². The normalized spacial score (nSPS) is 11.6. The van der Waals surface area contributed by atoms with Gasteiger partial charge in [0.2, 0.25) is 0 Å². The van der Waals surface area contributed by atoms with E-state index in [0.717, 1.165) is 29.4 Å². The zero-order chi connectivity index (χ0) is 18.9. The fourth-order valence-electron chi connectivity index (χ4n) is 2.76. The molecule has 0 aliphatic carbocycles. The Balaban J connectivity index is 1.88. The molecule has 0 saturated carbocycles. The molecule has 0 nitrogen and oxygen atoms in total. The summed E-state index contributed by atoms with van der Waals surface area (Å²) < 4.78 is 0. The molecule has 0 heterocycles. The van der Waals surface area contributed by atoms with E-state index in [1.54, 1.807) is 0 Å². The van der Waals surface area contributed by atoms with E-state index < -0.39 is 0 Å².